The molecule has 0 aliphatic heterocycles. The minimum Gasteiger partial charge on any atom is -0.496 e. The molecule has 4 nitrogen and oxygen atoms in total. The first-order valence-corrected chi connectivity index (χ1v) is 7.13. The molecule has 4 N–H and O–H groups in total. The van der Waals surface area contributed by atoms with E-state index in [1.165, 1.54) is 5.56 Å². The van der Waals surface area contributed by atoms with E-state index in [0.29, 0.717) is 6.54 Å². The van der Waals surface area contributed by atoms with Gasteiger partial charge in [0.15, 0.2) is 0 Å². The maximum absolute atomic E-state index is 9.43. The fraction of sp³-hybridized carbons (Fsp3) is 0.571. The van der Waals surface area contributed by atoms with E-state index in [1.54, 1.807) is 7.11 Å². The highest BCUT2D eigenvalue weighted by Gasteiger charge is 2.21. The van der Waals surface area contributed by atoms with Gasteiger partial charge in [-0.1, -0.05) is 19.9 Å². The third-order valence-electron chi connectivity index (χ3n) is 3.15. The van der Waals surface area contributed by atoms with Crippen LogP contribution < -0.4 is 15.8 Å². The van der Waals surface area contributed by atoms with E-state index >= 15 is 0 Å². The number of rotatable bonds is 7. The zero-order chi connectivity index (χ0) is 14.5. The largest absolute Gasteiger partial charge is 0.496 e. The van der Waals surface area contributed by atoms with Crippen LogP contribution in [0, 0.1) is 0 Å². The highest BCUT2D eigenvalue weighted by molar-refractivity contribution is 9.10. The molecule has 1 unspecified atom stereocenters. The van der Waals surface area contributed by atoms with Crippen LogP contribution in [-0.2, 0) is 5.41 Å². The second-order valence-corrected chi connectivity index (χ2v) is 6.11. The van der Waals surface area contributed by atoms with Gasteiger partial charge in [0.1, 0.15) is 5.75 Å². The van der Waals surface area contributed by atoms with Crippen LogP contribution in [0.15, 0.2) is 22.7 Å². The van der Waals surface area contributed by atoms with Gasteiger partial charge in [-0.05, 0) is 33.6 Å². The lowest BCUT2D eigenvalue weighted by molar-refractivity contribution is 0.177. The van der Waals surface area contributed by atoms with Crippen LogP contribution in [0.4, 0.5) is 0 Å². The Balaban J connectivity index is 2.68. The fourth-order valence-electron chi connectivity index (χ4n) is 1.82. The quantitative estimate of drug-likeness (QED) is 0.711. The third kappa shape index (κ3) is 4.76. The van der Waals surface area contributed by atoms with E-state index in [9.17, 15) is 5.11 Å². The van der Waals surface area contributed by atoms with Crippen LogP contribution in [-0.4, -0.2) is 38.0 Å². The summed E-state index contributed by atoms with van der Waals surface area (Å²) in [6.07, 6.45) is -0.488. The lowest BCUT2D eigenvalue weighted by Gasteiger charge is -2.27. The van der Waals surface area contributed by atoms with Gasteiger partial charge in [0.25, 0.3) is 0 Å². The Morgan fingerprint density at radius 3 is 2.68 bits per heavy atom. The number of aliphatic hydroxyl groups excluding tert-OH is 1. The molecule has 0 radical (unpaired) electrons. The normalized spacial score (nSPS) is 13.4. The van der Waals surface area contributed by atoms with Crippen molar-refractivity contribution in [2.75, 3.05) is 26.7 Å². The smallest absolute Gasteiger partial charge is 0.133 e. The van der Waals surface area contributed by atoms with Crippen molar-refractivity contribution < 1.29 is 9.84 Å². The van der Waals surface area contributed by atoms with Crippen molar-refractivity contribution in [1.82, 2.24) is 5.32 Å². The van der Waals surface area contributed by atoms with E-state index in [4.69, 9.17) is 10.5 Å². The Hall–Kier alpha value is -0.620. The first-order valence-electron chi connectivity index (χ1n) is 6.33. The average molecular weight is 331 g/mol. The molecule has 0 amide bonds. The molecule has 5 heteroatoms. The van der Waals surface area contributed by atoms with Crippen LogP contribution in [0.3, 0.4) is 0 Å². The van der Waals surface area contributed by atoms with Gasteiger partial charge < -0.3 is 20.9 Å². The number of benzene rings is 1. The molecule has 0 saturated heterocycles. The molecule has 0 heterocycles. The maximum Gasteiger partial charge on any atom is 0.133 e. The Morgan fingerprint density at radius 2 is 2.16 bits per heavy atom. The van der Waals surface area contributed by atoms with Crippen molar-refractivity contribution in [3.8, 4) is 5.75 Å². The third-order valence-corrected chi connectivity index (χ3v) is 3.77. The van der Waals surface area contributed by atoms with Crippen molar-refractivity contribution in [3.63, 3.8) is 0 Å². The number of nitrogens with two attached hydrogens (primary N) is 1. The van der Waals surface area contributed by atoms with Crippen molar-refractivity contribution >= 4 is 15.9 Å². The average Bonchev–Trinajstić information content (AvgIpc) is 2.38. The first kappa shape index (κ1) is 16.4. The lowest BCUT2D eigenvalue weighted by atomic mass is 9.84. The van der Waals surface area contributed by atoms with E-state index in [0.717, 1.165) is 16.8 Å². The van der Waals surface area contributed by atoms with Crippen molar-refractivity contribution in [3.05, 3.63) is 28.2 Å². The highest BCUT2D eigenvalue weighted by atomic mass is 79.9. The molecule has 0 aromatic heterocycles. The second-order valence-electron chi connectivity index (χ2n) is 5.25. The number of ether oxygens (including phenoxy) is 1. The summed E-state index contributed by atoms with van der Waals surface area (Å²) < 4.78 is 6.18. The summed E-state index contributed by atoms with van der Waals surface area (Å²) in [7, 11) is 1.65. The van der Waals surface area contributed by atoms with Crippen LogP contribution in [0.25, 0.3) is 0 Å². The number of halogens is 1. The monoisotopic (exact) mass is 330 g/mol. The van der Waals surface area contributed by atoms with Crippen molar-refractivity contribution in [1.29, 1.82) is 0 Å². The van der Waals surface area contributed by atoms with Gasteiger partial charge in [0, 0.05) is 25.0 Å². The molecule has 1 atom stereocenters. The van der Waals surface area contributed by atoms with Gasteiger partial charge in [-0.2, -0.15) is 0 Å². The topological polar surface area (TPSA) is 67.5 Å². The van der Waals surface area contributed by atoms with Gasteiger partial charge in [-0.3, -0.25) is 0 Å². The van der Waals surface area contributed by atoms with Crippen LogP contribution >= 0.6 is 15.9 Å². The maximum atomic E-state index is 9.43. The molecule has 0 spiro atoms. The lowest BCUT2D eigenvalue weighted by Crippen LogP contribution is -2.39. The van der Waals surface area contributed by atoms with Gasteiger partial charge in [0.2, 0.25) is 0 Å². The van der Waals surface area contributed by atoms with Crippen molar-refractivity contribution in [2.24, 2.45) is 5.73 Å². The zero-order valence-corrected chi connectivity index (χ0v) is 13.3. The predicted octanol–water partition coefficient (Wildman–Crippen LogP) is 1.64. The Kier molecular flexibility index (Phi) is 6.26. The molecule has 0 bridgehead atoms. The van der Waals surface area contributed by atoms with Crippen LogP contribution in [0.2, 0.25) is 0 Å². The van der Waals surface area contributed by atoms with Crippen molar-refractivity contribution in [2.45, 2.75) is 25.4 Å². The number of hydrogen-bond donors (Lipinski definition) is 3. The summed E-state index contributed by atoms with van der Waals surface area (Å²) in [6, 6.07) is 6.08. The van der Waals surface area contributed by atoms with E-state index in [-0.39, 0.29) is 12.0 Å². The molecule has 0 aliphatic carbocycles. The molecule has 108 valence electrons. The number of hydrogen-bond acceptors (Lipinski definition) is 4. The van der Waals surface area contributed by atoms with Gasteiger partial charge in [-0.25, -0.2) is 0 Å². The molecule has 1 aromatic rings. The summed E-state index contributed by atoms with van der Waals surface area (Å²) >= 11 is 3.50. The number of methoxy groups -OCH3 is 1. The summed E-state index contributed by atoms with van der Waals surface area (Å²) in [5, 5.41) is 12.7. The summed E-state index contributed by atoms with van der Waals surface area (Å²) in [5.74, 6) is 0.825. The van der Waals surface area contributed by atoms with Gasteiger partial charge >= 0.3 is 0 Å². The van der Waals surface area contributed by atoms with Gasteiger partial charge in [0.05, 0.1) is 17.7 Å². The predicted molar refractivity (Wildman–Crippen MR) is 81.7 cm³/mol. The number of aliphatic hydroxyl groups is 1. The van der Waals surface area contributed by atoms with Crippen LogP contribution in [0.5, 0.6) is 5.75 Å². The minimum absolute atomic E-state index is 0.0386. The molecular weight excluding hydrogens is 308 g/mol. The summed E-state index contributed by atoms with van der Waals surface area (Å²) in [5.41, 5.74) is 6.54. The van der Waals surface area contributed by atoms with E-state index in [2.05, 4.69) is 47.2 Å². The van der Waals surface area contributed by atoms with Crippen LogP contribution in [0.1, 0.15) is 19.4 Å². The fourth-order valence-corrected chi connectivity index (χ4v) is 2.36. The Bertz CT molecular complexity index is 410. The standard InChI is InChI=1S/C14H23BrN2O2/c1-14(2,9-17-8-11(18)7-16)10-4-5-13(19-3)12(15)6-10/h4-6,11,17-18H,7-9,16H2,1-3H3. The van der Waals surface area contributed by atoms with E-state index < -0.39 is 6.10 Å². The second kappa shape index (κ2) is 7.24. The summed E-state index contributed by atoms with van der Waals surface area (Å²) in [6.45, 7) is 5.87. The number of nitrogens with one attached hydrogen (secondary N) is 1. The SMILES string of the molecule is COc1ccc(C(C)(C)CNCC(O)CN)cc1Br. The Labute approximate surface area is 123 Å². The molecule has 19 heavy (non-hydrogen) atoms. The summed E-state index contributed by atoms with van der Waals surface area (Å²) in [4.78, 5) is 0. The molecular formula is C14H23BrN2O2. The zero-order valence-electron chi connectivity index (χ0n) is 11.7. The molecule has 1 rings (SSSR count). The Morgan fingerprint density at radius 1 is 1.47 bits per heavy atom. The molecule has 0 fully saturated rings. The van der Waals surface area contributed by atoms with E-state index in [1.807, 2.05) is 6.07 Å². The highest BCUT2D eigenvalue weighted by Crippen LogP contribution is 2.31. The minimum atomic E-state index is -0.488. The molecule has 1 aromatic carbocycles. The first-order chi connectivity index (χ1) is 8.90. The molecule has 0 aliphatic rings. The molecule has 0 saturated carbocycles. The van der Waals surface area contributed by atoms with Gasteiger partial charge in [-0.15, -0.1) is 0 Å².